The van der Waals surface area contributed by atoms with Crippen molar-refractivity contribution in [2.24, 2.45) is 17.5 Å². The number of fused-ring (bicyclic) bond motifs is 3. The zero-order valence-corrected chi connectivity index (χ0v) is 19.9. The van der Waals surface area contributed by atoms with Crippen molar-refractivity contribution in [2.45, 2.75) is 85.4 Å². The zero-order valence-electron chi connectivity index (χ0n) is 19.1. The molecule has 10 N–H and O–H groups in total. The fraction of sp³-hybridized carbons (Fsp3) is 0.773. The molecule has 0 aromatic heterocycles. The number of carbonyl (C=O) groups excluding carboxylic acids is 1. The summed E-state index contributed by atoms with van der Waals surface area (Å²) in [5.41, 5.74) is 8.12. The monoisotopic (exact) mass is 499 g/mol. The van der Waals surface area contributed by atoms with Gasteiger partial charge in [0, 0.05) is 25.0 Å². The van der Waals surface area contributed by atoms with Gasteiger partial charge in [-0.15, -0.1) is 11.8 Å². The van der Waals surface area contributed by atoms with Crippen LogP contribution >= 0.6 is 11.8 Å². The Morgan fingerprint density at radius 1 is 1.12 bits per heavy atom. The van der Waals surface area contributed by atoms with Crippen molar-refractivity contribution in [1.82, 2.24) is 16.1 Å². The van der Waals surface area contributed by atoms with E-state index in [1.54, 1.807) is 0 Å². The standard InChI is InChI=1S/C22H37N5O6S/c23-12(10-26-24)14-7-2-1-6-13(20-17(29)16(28)18(30)22(33-20)34-14)27-21(31)15-19-11(9-25-15)5-3-4-8-32-19/h1-2,10-11,13-20,22,25-26,28-30H,3-9,23-24H2,(H,27,31)/b2-1-,12-10-/t11?,13-,14+,15?,16?,17?,18?,19?,20?,22?/m1/s1. The van der Waals surface area contributed by atoms with Gasteiger partial charge in [0.15, 0.2) is 0 Å². The van der Waals surface area contributed by atoms with Gasteiger partial charge < -0.3 is 46.6 Å². The van der Waals surface area contributed by atoms with Crippen LogP contribution in [0.25, 0.3) is 0 Å². The predicted octanol–water partition coefficient (Wildman–Crippen LogP) is -1.85. The molecule has 192 valence electrons. The molecule has 3 saturated heterocycles. The molecule has 0 aromatic carbocycles. The Balaban J connectivity index is 1.52. The van der Waals surface area contributed by atoms with Crippen LogP contribution in [0.15, 0.2) is 24.0 Å². The van der Waals surface area contributed by atoms with Crippen molar-refractivity contribution in [3.63, 3.8) is 0 Å². The lowest BCUT2D eigenvalue weighted by molar-refractivity contribution is -0.205. The minimum atomic E-state index is -1.43. The first-order valence-corrected chi connectivity index (χ1v) is 12.9. The van der Waals surface area contributed by atoms with Crippen LogP contribution < -0.4 is 27.6 Å². The Labute approximate surface area is 203 Å². The fourth-order valence-corrected chi connectivity index (χ4v) is 6.49. The number of hydrazine groups is 1. The summed E-state index contributed by atoms with van der Waals surface area (Å²) in [6.45, 7) is 1.37. The molecule has 34 heavy (non-hydrogen) atoms. The number of hydrogen-bond acceptors (Lipinski definition) is 11. The molecule has 4 aliphatic rings. The van der Waals surface area contributed by atoms with Gasteiger partial charge in [0.2, 0.25) is 5.91 Å². The van der Waals surface area contributed by atoms with Crippen LogP contribution in [0.4, 0.5) is 0 Å². The maximum absolute atomic E-state index is 13.3. The van der Waals surface area contributed by atoms with Gasteiger partial charge >= 0.3 is 0 Å². The average molecular weight is 500 g/mol. The van der Waals surface area contributed by atoms with E-state index < -0.39 is 41.9 Å². The molecule has 0 saturated carbocycles. The van der Waals surface area contributed by atoms with Crippen molar-refractivity contribution in [1.29, 1.82) is 0 Å². The molecular weight excluding hydrogens is 462 g/mol. The third-order valence-corrected chi connectivity index (χ3v) is 8.56. The van der Waals surface area contributed by atoms with Crippen molar-refractivity contribution in [3.05, 3.63) is 24.0 Å². The molecule has 0 radical (unpaired) electrons. The van der Waals surface area contributed by atoms with Gasteiger partial charge in [-0.1, -0.05) is 18.6 Å². The third kappa shape index (κ3) is 5.54. The van der Waals surface area contributed by atoms with Crippen LogP contribution in [0.1, 0.15) is 32.1 Å². The van der Waals surface area contributed by atoms with E-state index in [1.165, 1.54) is 18.0 Å². The molecule has 11 nitrogen and oxygen atoms in total. The van der Waals surface area contributed by atoms with Crippen LogP contribution in [0.5, 0.6) is 0 Å². The Kier molecular flexibility index (Phi) is 8.75. The highest BCUT2D eigenvalue weighted by atomic mass is 32.2. The summed E-state index contributed by atoms with van der Waals surface area (Å²) in [6.07, 6.45) is 4.11. The lowest BCUT2D eigenvalue weighted by Gasteiger charge is -2.44. The van der Waals surface area contributed by atoms with Gasteiger partial charge in [-0.3, -0.25) is 10.6 Å². The summed E-state index contributed by atoms with van der Waals surface area (Å²) < 4.78 is 12.1. The molecule has 2 bridgehead atoms. The summed E-state index contributed by atoms with van der Waals surface area (Å²) in [7, 11) is 0. The number of nitrogens with one attached hydrogen (secondary N) is 3. The largest absolute Gasteiger partial charge is 0.400 e. The number of carbonyl (C=O) groups is 1. The van der Waals surface area contributed by atoms with E-state index in [2.05, 4.69) is 16.1 Å². The second-order valence-electron chi connectivity index (χ2n) is 9.41. The molecule has 10 atom stereocenters. The number of rotatable bonds is 4. The third-order valence-electron chi connectivity index (χ3n) is 7.11. The first-order valence-electron chi connectivity index (χ1n) is 12.0. The summed E-state index contributed by atoms with van der Waals surface area (Å²) >= 11 is 1.24. The minimum Gasteiger partial charge on any atom is -0.400 e. The van der Waals surface area contributed by atoms with Crippen LogP contribution in [-0.4, -0.2) is 87.7 Å². The quantitative estimate of drug-likeness (QED) is 0.123. The van der Waals surface area contributed by atoms with Crippen LogP contribution in [0.3, 0.4) is 0 Å². The molecule has 8 unspecified atom stereocenters. The van der Waals surface area contributed by atoms with Gasteiger partial charge in [-0.2, -0.15) is 0 Å². The SMILES string of the molecule is NN/C=C(\N)[C@@H]1C/C=C\C[C@@H](NC(=O)C2NCC3CCCCOC32)C2OC(S1)C(O)C(O)C2O. The van der Waals surface area contributed by atoms with Crippen molar-refractivity contribution < 1.29 is 29.6 Å². The van der Waals surface area contributed by atoms with Gasteiger partial charge in [0.05, 0.1) is 17.4 Å². The molecule has 0 aliphatic carbocycles. The smallest absolute Gasteiger partial charge is 0.240 e. The number of allylic oxidation sites excluding steroid dienone is 1. The number of nitrogens with two attached hydrogens (primary N) is 2. The number of hydrogen-bond donors (Lipinski definition) is 8. The van der Waals surface area contributed by atoms with E-state index in [0.717, 1.165) is 25.8 Å². The van der Waals surface area contributed by atoms with Crippen molar-refractivity contribution >= 4 is 17.7 Å². The lowest BCUT2D eigenvalue weighted by Crippen LogP contribution is -2.64. The first-order chi connectivity index (χ1) is 16.4. The van der Waals surface area contributed by atoms with E-state index in [9.17, 15) is 20.1 Å². The van der Waals surface area contributed by atoms with E-state index in [4.69, 9.17) is 21.1 Å². The Hall–Kier alpha value is -1.38. The minimum absolute atomic E-state index is 0.183. The second kappa shape index (κ2) is 11.6. The number of ether oxygens (including phenoxy) is 2. The molecule has 1 amide bonds. The fourth-order valence-electron chi connectivity index (χ4n) is 5.20. The molecule has 4 aliphatic heterocycles. The molecule has 3 fully saturated rings. The summed E-state index contributed by atoms with van der Waals surface area (Å²) in [6, 6.07) is -1.09. The second-order valence-corrected chi connectivity index (χ2v) is 10.7. The number of thioether (sulfide) groups is 1. The Bertz CT molecular complexity index is 772. The normalized spacial score (nSPS) is 44.4. The number of amides is 1. The van der Waals surface area contributed by atoms with Crippen LogP contribution in [0, 0.1) is 5.92 Å². The Morgan fingerprint density at radius 3 is 2.71 bits per heavy atom. The van der Waals surface area contributed by atoms with E-state index in [-0.39, 0.29) is 17.3 Å². The average Bonchev–Trinajstić information content (AvgIpc) is 3.08. The maximum Gasteiger partial charge on any atom is 0.240 e. The Morgan fingerprint density at radius 2 is 1.91 bits per heavy atom. The molecule has 4 heterocycles. The highest BCUT2D eigenvalue weighted by molar-refractivity contribution is 8.00. The molecule has 4 rings (SSSR count). The topological polar surface area (TPSA) is 184 Å². The summed E-state index contributed by atoms with van der Waals surface area (Å²) in [5.74, 6) is 5.44. The summed E-state index contributed by atoms with van der Waals surface area (Å²) in [5, 5.41) is 37.9. The molecule has 0 aromatic rings. The van der Waals surface area contributed by atoms with Gasteiger partial charge in [0.25, 0.3) is 0 Å². The number of aliphatic hydroxyl groups is 3. The highest BCUT2D eigenvalue weighted by Gasteiger charge is 2.49. The first kappa shape index (κ1) is 25.7. The molecular formula is C22H37N5O6S. The van der Waals surface area contributed by atoms with E-state index in [1.807, 2.05) is 12.2 Å². The van der Waals surface area contributed by atoms with Crippen molar-refractivity contribution in [2.75, 3.05) is 13.2 Å². The van der Waals surface area contributed by atoms with E-state index in [0.29, 0.717) is 31.1 Å². The van der Waals surface area contributed by atoms with Crippen LogP contribution in [-0.2, 0) is 14.3 Å². The van der Waals surface area contributed by atoms with Crippen molar-refractivity contribution in [3.8, 4) is 0 Å². The van der Waals surface area contributed by atoms with Crippen LogP contribution in [0.2, 0.25) is 0 Å². The highest BCUT2D eigenvalue weighted by Crippen LogP contribution is 2.36. The summed E-state index contributed by atoms with van der Waals surface area (Å²) in [4.78, 5) is 13.3. The molecule has 0 spiro atoms. The number of aliphatic hydroxyl groups excluding tert-OH is 3. The van der Waals surface area contributed by atoms with Gasteiger partial charge in [-0.05, 0) is 31.6 Å². The lowest BCUT2D eigenvalue weighted by atomic mass is 9.92. The van der Waals surface area contributed by atoms with Gasteiger partial charge in [-0.25, -0.2) is 0 Å². The maximum atomic E-state index is 13.3. The van der Waals surface area contributed by atoms with E-state index >= 15 is 0 Å². The zero-order chi connectivity index (χ0) is 24.2. The van der Waals surface area contributed by atoms with Gasteiger partial charge in [0.1, 0.15) is 35.9 Å². The molecule has 12 heteroatoms. The predicted molar refractivity (Wildman–Crippen MR) is 127 cm³/mol.